The minimum atomic E-state index is -0.369. The molecule has 29 heavy (non-hydrogen) atoms. The van der Waals surface area contributed by atoms with Crippen molar-refractivity contribution in [1.82, 2.24) is 19.8 Å². The number of benzene rings is 2. The van der Waals surface area contributed by atoms with E-state index in [1.165, 1.54) is 0 Å². The molecule has 4 aromatic rings. The second-order valence-electron chi connectivity index (χ2n) is 6.52. The predicted molar refractivity (Wildman–Crippen MR) is 112 cm³/mol. The lowest BCUT2D eigenvalue weighted by atomic mass is 10.1. The van der Waals surface area contributed by atoms with E-state index >= 15 is 0 Å². The molecular formula is C21H18ClN5O2. The number of hydrogen-bond acceptors (Lipinski definition) is 5. The van der Waals surface area contributed by atoms with Crippen LogP contribution in [-0.2, 0) is 0 Å². The highest BCUT2D eigenvalue weighted by Crippen LogP contribution is 2.29. The molecule has 2 aromatic heterocycles. The van der Waals surface area contributed by atoms with Gasteiger partial charge in [-0.05, 0) is 43.7 Å². The Morgan fingerprint density at radius 1 is 1.10 bits per heavy atom. The van der Waals surface area contributed by atoms with E-state index in [1.54, 1.807) is 42.8 Å². The molecule has 0 aliphatic heterocycles. The van der Waals surface area contributed by atoms with Crippen LogP contribution in [0.5, 0.6) is 5.75 Å². The molecule has 0 saturated carbocycles. The number of halogens is 1. The standard InChI is InChI=1S/C21H18ClN5O2/c1-12-18(14-7-9-15(22)10-8-14)20-25-24-19(13(2)27(20)26-12)21(28)23-16-5-4-6-17(11-16)29-3/h4-11H,1-3H3,(H,23,28). The van der Waals surface area contributed by atoms with Crippen molar-refractivity contribution in [2.24, 2.45) is 0 Å². The van der Waals surface area contributed by atoms with E-state index in [1.807, 2.05) is 31.2 Å². The Hall–Kier alpha value is -3.45. The van der Waals surface area contributed by atoms with Crippen molar-refractivity contribution in [2.75, 3.05) is 12.4 Å². The first-order chi connectivity index (χ1) is 14.0. The van der Waals surface area contributed by atoms with E-state index in [9.17, 15) is 4.79 Å². The number of carbonyl (C=O) groups excluding carboxylic acids is 1. The molecular weight excluding hydrogens is 390 g/mol. The van der Waals surface area contributed by atoms with Crippen molar-refractivity contribution in [3.05, 3.63) is 70.6 Å². The molecule has 0 aliphatic rings. The summed E-state index contributed by atoms with van der Waals surface area (Å²) < 4.78 is 6.83. The number of methoxy groups -OCH3 is 1. The lowest BCUT2D eigenvalue weighted by Crippen LogP contribution is -2.18. The highest BCUT2D eigenvalue weighted by molar-refractivity contribution is 6.30. The normalized spacial score (nSPS) is 10.9. The third-order valence-corrected chi connectivity index (χ3v) is 4.87. The number of hydrogen-bond donors (Lipinski definition) is 1. The zero-order valence-corrected chi connectivity index (χ0v) is 16.9. The van der Waals surface area contributed by atoms with Crippen LogP contribution in [0.15, 0.2) is 48.5 Å². The number of amides is 1. The molecule has 0 aliphatic carbocycles. The van der Waals surface area contributed by atoms with Crippen LogP contribution in [0.1, 0.15) is 21.9 Å². The van der Waals surface area contributed by atoms with Gasteiger partial charge < -0.3 is 10.1 Å². The number of carbonyl (C=O) groups is 1. The Morgan fingerprint density at radius 3 is 2.59 bits per heavy atom. The Morgan fingerprint density at radius 2 is 1.86 bits per heavy atom. The number of ether oxygens (including phenoxy) is 1. The number of aryl methyl sites for hydroxylation is 2. The Bertz CT molecular complexity index is 1220. The molecule has 8 heteroatoms. The van der Waals surface area contributed by atoms with Crippen LogP contribution in [0.4, 0.5) is 5.69 Å². The van der Waals surface area contributed by atoms with E-state index in [2.05, 4.69) is 20.6 Å². The largest absolute Gasteiger partial charge is 0.497 e. The lowest BCUT2D eigenvalue weighted by molar-refractivity contribution is 0.102. The zero-order chi connectivity index (χ0) is 20.5. The molecule has 146 valence electrons. The van der Waals surface area contributed by atoms with E-state index in [0.717, 1.165) is 16.8 Å². The third kappa shape index (κ3) is 3.52. The van der Waals surface area contributed by atoms with Crippen molar-refractivity contribution in [3.63, 3.8) is 0 Å². The SMILES string of the molecule is COc1cccc(NC(=O)c2nnc3c(-c4ccc(Cl)cc4)c(C)nn3c2C)c1. The molecule has 4 rings (SSSR count). The van der Waals surface area contributed by atoms with Crippen molar-refractivity contribution in [2.45, 2.75) is 13.8 Å². The maximum absolute atomic E-state index is 12.8. The number of anilines is 1. The molecule has 1 amide bonds. The predicted octanol–water partition coefficient (Wildman–Crippen LogP) is 4.32. The Balaban J connectivity index is 1.73. The van der Waals surface area contributed by atoms with Gasteiger partial charge in [-0.2, -0.15) is 5.10 Å². The van der Waals surface area contributed by atoms with E-state index in [4.69, 9.17) is 16.3 Å². The van der Waals surface area contributed by atoms with Crippen LogP contribution in [-0.4, -0.2) is 32.8 Å². The summed E-state index contributed by atoms with van der Waals surface area (Å²) in [6.45, 7) is 3.69. The first kappa shape index (κ1) is 18.9. The van der Waals surface area contributed by atoms with Gasteiger partial charge in [0.25, 0.3) is 5.91 Å². The summed E-state index contributed by atoms with van der Waals surface area (Å²) >= 11 is 6.00. The molecule has 0 fully saturated rings. The van der Waals surface area contributed by atoms with E-state index < -0.39 is 0 Å². The quantitative estimate of drug-likeness (QED) is 0.544. The number of nitrogens with zero attached hydrogens (tertiary/aromatic N) is 4. The Labute approximate surface area is 172 Å². The van der Waals surface area contributed by atoms with Gasteiger partial charge in [-0.1, -0.05) is 29.8 Å². The van der Waals surface area contributed by atoms with Crippen LogP contribution < -0.4 is 10.1 Å². The van der Waals surface area contributed by atoms with Crippen LogP contribution in [0.3, 0.4) is 0 Å². The molecule has 0 spiro atoms. The highest BCUT2D eigenvalue weighted by Gasteiger charge is 2.20. The summed E-state index contributed by atoms with van der Waals surface area (Å²) in [6.07, 6.45) is 0. The maximum Gasteiger partial charge on any atom is 0.278 e. The summed E-state index contributed by atoms with van der Waals surface area (Å²) in [7, 11) is 1.57. The summed E-state index contributed by atoms with van der Waals surface area (Å²) in [5.41, 5.74) is 4.56. The monoisotopic (exact) mass is 407 g/mol. The third-order valence-electron chi connectivity index (χ3n) is 4.62. The van der Waals surface area contributed by atoms with Gasteiger partial charge in [-0.15, -0.1) is 10.2 Å². The molecule has 0 saturated heterocycles. The van der Waals surface area contributed by atoms with Gasteiger partial charge in [-0.25, -0.2) is 4.52 Å². The van der Waals surface area contributed by atoms with Gasteiger partial charge in [0.1, 0.15) is 5.75 Å². The molecule has 2 heterocycles. The maximum atomic E-state index is 12.8. The second kappa shape index (κ2) is 7.52. The minimum Gasteiger partial charge on any atom is -0.497 e. The highest BCUT2D eigenvalue weighted by atomic mass is 35.5. The van der Waals surface area contributed by atoms with Crippen LogP contribution in [0.2, 0.25) is 5.02 Å². The molecule has 0 unspecified atom stereocenters. The van der Waals surface area contributed by atoms with E-state index in [-0.39, 0.29) is 11.6 Å². The molecule has 0 radical (unpaired) electrons. The fourth-order valence-corrected chi connectivity index (χ4v) is 3.29. The molecule has 0 bridgehead atoms. The number of aromatic nitrogens is 4. The molecule has 0 atom stereocenters. The van der Waals surface area contributed by atoms with Gasteiger partial charge in [0.05, 0.1) is 24.1 Å². The summed E-state index contributed by atoms with van der Waals surface area (Å²) in [5, 5.41) is 16.5. The molecule has 1 N–H and O–H groups in total. The number of nitrogens with one attached hydrogen (secondary N) is 1. The second-order valence-corrected chi connectivity index (χ2v) is 6.96. The average molecular weight is 408 g/mol. The summed E-state index contributed by atoms with van der Waals surface area (Å²) in [4.78, 5) is 12.8. The number of rotatable bonds is 4. The van der Waals surface area contributed by atoms with Crippen molar-refractivity contribution < 1.29 is 9.53 Å². The first-order valence-electron chi connectivity index (χ1n) is 8.92. The lowest BCUT2D eigenvalue weighted by Gasteiger charge is -2.09. The van der Waals surface area contributed by atoms with Crippen LogP contribution in [0.25, 0.3) is 16.8 Å². The van der Waals surface area contributed by atoms with Crippen molar-refractivity contribution >= 4 is 28.8 Å². The molecule has 2 aromatic carbocycles. The minimum absolute atomic E-state index is 0.200. The van der Waals surface area contributed by atoms with Crippen molar-refractivity contribution in [1.29, 1.82) is 0 Å². The van der Waals surface area contributed by atoms with Gasteiger partial charge >= 0.3 is 0 Å². The van der Waals surface area contributed by atoms with Gasteiger partial charge in [0, 0.05) is 16.8 Å². The number of fused-ring (bicyclic) bond motifs is 1. The van der Waals surface area contributed by atoms with E-state index in [0.29, 0.717) is 27.8 Å². The average Bonchev–Trinajstić information content (AvgIpc) is 3.06. The molecule has 7 nitrogen and oxygen atoms in total. The van der Waals surface area contributed by atoms with Crippen molar-refractivity contribution in [3.8, 4) is 16.9 Å². The van der Waals surface area contributed by atoms with Crippen LogP contribution >= 0.6 is 11.6 Å². The van der Waals surface area contributed by atoms with Gasteiger partial charge in [0.15, 0.2) is 11.3 Å². The smallest absolute Gasteiger partial charge is 0.278 e. The Kier molecular flexibility index (Phi) is 4.90. The van der Waals surface area contributed by atoms with Gasteiger partial charge in [0.2, 0.25) is 0 Å². The van der Waals surface area contributed by atoms with Crippen LogP contribution in [0, 0.1) is 13.8 Å². The zero-order valence-electron chi connectivity index (χ0n) is 16.1. The van der Waals surface area contributed by atoms with Gasteiger partial charge in [-0.3, -0.25) is 4.79 Å². The summed E-state index contributed by atoms with van der Waals surface area (Å²) in [5.74, 6) is 0.280. The summed E-state index contributed by atoms with van der Waals surface area (Å²) in [6, 6.07) is 14.6. The fraction of sp³-hybridized carbons (Fsp3) is 0.143. The fourth-order valence-electron chi connectivity index (χ4n) is 3.17. The first-order valence-corrected chi connectivity index (χ1v) is 9.29. The topological polar surface area (TPSA) is 81.4 Å².